The average Bonchev–Trinajstić information content (AvgIpc) is 2.77. The number of nitriles is 1. The highest BCUT2D eigenvalue weighted by Crippen LogP contribution is 2.48. The lowest BCUT2D eigenvalue weighted by Crippen LogP contribution is -2.31. The number of fused-ring (bicyclic) bond motifs is 3. The SMILES string of the molecule is COc1cc(C2c3ccc4c(NC(C)=O)cccc4c3OC(=N)C2C#N)cc(Br)c1OC. The Morgan fingerprint density at radius 1 is 1.19 bits per heavy atom. The summed E-state index contributed by atoms with van der Waals surface area (Å²) < 4.78 is 17.5. The number of hydrogen-bond acceptors (Lipinski definition) is 6. The van der Waals surface area contributed by atoms with Gasteiger partial charge in [0.05, 0.1) is 24.8 Å². The van der Waals surface area contributed by atoms with Crippen LogP contribution in [0.15, 0.2) is 46.9 Å². The summed E-state index contributed by atoms with van der Waals surface area (Å²) in [5, 5.41) is 22.7. The van der Waals surface area contributed by atoms with E-state index >= 15 is 0 Å². The van der Waals surface area contributed by atoms with Gasteiger partial charge in [0.25, 0.3) is 0 Å². The van der Waals surface area contributed by atoms with E-state index in [1.807, 2.05) is 42.5 Å². The topological polar surface area (TPSA) is 104 Å². The van der Waals surface area contributed by atoms with Crippen molar-refractivity contribution in [3.8, 4) is 23.3 Å². The molecular weight excluding hydrogens is 474 g/mol. The first-order valence-electron chi connectivity index (χ1n) is 9.80. The highest BCUT2D eigenvalue weighted by Gasteiger charge is 2.38. The van der Waals surface area contributed by atoms with Gasteiger partial charge in [-0.15, -0.1) is 0 Å². The Labute approximate surface area is 193 Å². The first-order chi connectivity index (χ1) is 15.4. The number of ether oxygens (including phenoxy) is 3. The fourth-order valence-electron chi connectivity index (χ4n) is 4.13. The van der Waals surface area contributed by atoms with Gasteiger partial charge < -0.3 is 19.5 Å². The normalized spacial score (nSPS) is 17.2. The molecule has 0 fully saturated rings. The van der Waals surface area contributed by atoms with E-state index in [-0.39, 0.29) is 11.8 Å². The molecule has 7 nitrogen and oxygen atoms in total. The van der Waals surface area contributed by atoms with E-state index in [1.165, 1.54) is 6.92 Å². The molecule has 162 valence electrons. The molecule has 2 N–H and O–H groups in total. The molecule has 0 radical (unpaired) electrons. The van der Waals surface area contributed by atoms with E-state index in [4.69, 9.17) is 19.6 Å². The summed E-state index contributed by atoms with van der Waals surface area (Å²) in [6.07, 6.45) is 0. The number of nitrogens with zero attached hydrogens (tertiary/aromatic N) is 1. The number of anilines is 1. The van der Waals surface area contributed by atoms with Crippen LogP contribution in [-0.4, -0.2) is 26.0 Å². The molecule has 0 saturated carbocycles. The molecule has 0 saturated heterocycles. The maximum atomic E-state index is 11.6. The minimum absolute atomic E-state index is 0.131. The van der Waals surface area contributed by atoms with Crippen LogP contribution >= 0.6 is 15.9 Å². The zero-order valence-corrected chi connectivity index (χ0v) is 19.2. The summed E-state index contributed by atoms with van der Waals surface area (Å²) in [5.74, 6) is -0.0194. The van der Waals surface area contributed by atoms with Gasteiger partial charge in [-0.2, -0.15) is 5.26 Å². The molecule has 1 aliphatic rings. The Hall–Kier alpha value is -3.57. The van der Waals surface area contributed by atoms with Gasteiger partial charge in [0.1, 0.15) is 11.7 Å². The number of benzene rings is 3. The molecule has 3 aromatic carbocycles. The molecule has 4 rings (SSSR count). The van der Waals surface area contributed by atoms with E-state index in [1.54, 1.807) is 14.2 Å². The molecule has 1 aliphatic heterocycles. The lowest BCUT2D eigenvalue weighted by Gasteiger charge is -2.31. The van der Waals surface area contributed by atoms with Crippen LogP contribution in [0.5, 0.6) is 17.2 Å². The standard InChI is InChI=1S/C24H20BrN3O4/c1-12(29)28-19-6-4-5-15-14(19)7-8-16-21(17(11-26)24(27)32-22(15)16)13-9-18(25)23(31-3)20(10-13)30-2/h4-10,17,21,27H,1-3H3,(H,28,29). The molecular formula is C24H20BrN3O4. The molecule has 2 atom stereocenters. The van der Waals surface area contributed by atoms with Gasteiger partial charge in [0.15, 0.2) is 11.5 Å². The third kappa shape index (κ3) is 3.55. The van der Waals surface area contributed by atoms with Gasteiger partial charge in [0, 0.05) is 34.9 Å². The predicted octanol–water partition coefficient (Wildman–Crippen LogP) is 5.22. The highest BCUT2D eigenvalue weighted by atomic mass is 79.9. The monoisotopic (exact) mass is 493 g/mol. The van der Waals surface area contributed by atoms with Crippen molar-refractivity contribution in [2.75, 3.05) is 19.5 Å². The van der Waals surface area contributed by atoms with E-state index < -0.39 is 11.8 Å². The summed E-state index contributed by atoms with van der Waals surface area (Å²) in [7, 11) is 3.10. The number of rotatable bonds is 4. The van der Waals surface area contributed by atoms with Gasteiger partial charge in [-0.05, 0) is 39.7 Å². The third-order valence-corrected chi connectivity index (χ3v) is 6.06. The quantitative estimate of drug-likeness (QED) is 0.518. The minimum atomic E-state index is -0.816. The number of nitrogens with one attached hydrogen (secondary N) is 2. The van der Waals surface area contributed by atoms with Crippen molar-refractivity contribution in [1.29, 1.82) is 10.7 Å². The van der Waals surface area contributed by atoms with Crippen LogP contribution in [0, 0.1) is 22.7 Å². The Morgan fingerprint density at radius 2 is 1.97 bits per heavy atom. The molecule has 0 aliphatic carbocycles. The van der Waals surface area contributed by atoms with Crippen LogP contribution in [0.2, 0.25) is 0 Å². The Bertz CT molecular complexity index is 1300. The van der Waals surface area contributed by atoms with Crippen LogP contribution in [0.1, 0.15) is 24.0 Å². The summed E-state index contributed by atoms with van der Waals surface area (Å²) in [4.78, 5) is 11.6. The second kappa shape index (κ2) is 8.52. The van der Waals surface area contributed by atoms with Gasteiger partial charge in [-0.25, -0.2) is 0 Å². The lowest BCUT2D eigenvalue weighted by atomic mass is 9.78. The Kier molecular flexibility index (Phi) is 5.76. The lowest BCUT2D eigenvalue weighted by molar-refractivity contribution is -0.114. The van der Waals surface area contributed by atoms with Crippen molar-refractivity contribution >= 4 is 44.2 Å². The van der Waals surface area contributed by atoms with E-state index in [0.29, 0.717) is 27.4 Å². The average molecular weight is 494 g/mol. The van der Waals surface area contributed by atoms with Crippen molar-refractivity contribution in [3.05, 3.63) is 58.1 Å². The maximum Gasteiger partial charge on any atom is 0.221 e. The fraction of sp³-hybridized carbons (Fsp3) is 0.208. The molecule has 8 heteroatoms. The number of amides is 1. The van der Waals surface area contributed by atoms with Gasteiger partial charge in [-0.3, -0.25) is 10.2 Å². The summed E-state index contributed by atoms with van der Waals surface area (Å²) in [5.41, 5.74) is 2.22. The maximum absolute atomic E-state index is 11.6. The molecule has 2 unspecified atom stereocenters. The van der Waals surface area contributed by atoms with Crippen LogP contribution in [0.3, 0.4) is 0 Å². The second-order valence-electron chi connectivity index (χ2n) is 7.35. The molecule has 1 amide bonds. The van der Waals surface area contributed by atoms with Crippen molar-refractivity contribution in [3.63, 3.8) is 0 Å². The smallest absolute Gasteiger partial charge is 0.221 e. The van der Waals surface area contributed by atoms with Crippen LogP contribution in [-0.2, 0) is 4.79 Å². The fourth-order valence-corrected chi connectivity index (χ4v) is 4.75. The summed E-state index contributed by atoms with van der Waals surface area (Å²) >= 11 is 3.52. The molecule has 32 heavy (non-hydrogen) atoms. The van der Waals surface area contributed by atoms with Crippen LogP contribution in [0.25, 0.3) is 10.8 Å². The van der Waals surface area contributed by atoms with Gasteiger partial charge in [0.2, 0.25) is 11.8 Å². The zero-order chi connectivity index (χ0) is 23.0. The van der Waals surface area contributed by atoms with Gasteiger partial charge >= 0.3 is 0 Å². The van der Waals surface area contributed by atoms with Crippen LogP contribution < -0.4 is 19.5 Å². The molecule has 0 spiro atoms. The predicted molar refractivity (Wildman–Crippen MR) is 125 cm³/mol. The molecule has 0 aromatic heterocycles. The third-order valence-electron chi connectivity index (χ3n) is 5.47. The van der Waals surface area contributed by atoms with Crippen LogP contribution in [0.4, 0.5) is 5.69 Å². The Balaban J connectivity index is 1.97. The molecule has 1 heterocycles. The summed E-state index contributed by atoms with van der Waals surface area (Å²) in [6.45, 7) is 1.45. The molecule has 0 bridgehead atoms. The Morgan fingerprint density at radius 3 is 2.62 bits per heavy atom. The van der Waals surface area contributed by atoms with Crippen molar-refractivity contribution in [2.24, 2.45) is 5.92 Å². The second-order valence-corrected chi connectivity index (χ2v) is 8.21. The number of hydrogen-bond donors (Lipinski definition) is 2. The highest BCUT2D eigenvalue weighted by molar-refractivity contribution is 9.10. The first kappa shape index (κ1) is 21.7. The zero-order valence-electron chi connectivity index (χ0n) is 17.7. The minimum Gasteiger partial charge on any atom is -0.493 e. The van der Waals surface area contributed by atoms with E-state index in [2.05, 4.69) is 27.3 Å². The first-order valence-corrected chi connectivity index (χ1v) is 10.6. The van der Waals surface area contributed by atoms with Crippen molar-refractivity contribution in [2.45, 2.75) is 12.8 Å². The van der Waals surface area contributed by atoms with E-state index in [0.717, 1.165) is 21.9 Å². The number of halogens is 1. The van der Waals surface area contributed by atoms with Crippen molar-refractivity contribution < 1.29 is 19.0 Å². The number of carbonyl (C=O) groups is 1. The summed E-state index contributed by atoms with van der Waals surface area (Å²) in [6, 6.07) is 15.2. The number of methoxy groups -OCH3 is 2. The number of carbonyl (C=O) groups excluding carboxylic acids is 1. The largest absolute Gasteiger partial charge is 0.493 e. The molecule has 3 aromatic rings. The van der Waals surface area contributed by atoms with Crippen molar-refractivity contribution in [1.82, 2.24) is 0 Å². The van der Waals surface area contributed by atoms with Gasteiger partial charge in [-0.1, -0.05) is 24.3 Å². The van der Waals surface area contributed by atoms with E-state index in [9.17, 15) is 10.1 Å².